The number of aromatic nitrogens is 2. The molecule has 0 radical (unpaired) electrons. The molecule has 0 bridgehead atoms. The van der Waals surface area contributed by atoms with Gasteiger partial charge >= 0.3 is 0 Å². The summed E-state index contributed by atoms with van der Waals surface area (Å²) in [6.07, 6.45) is 0. The van der Waals surface area contributed by atoms with Crippen LogP contribution in [-0.4, -0.2) is 9.55 Å². The summed E-state index contributed by atoms with van der Waals surface area (Å²) in [4.78, 5) is 5.28. The second-order valence-corrected chi connectivity index (χ2v) is 13.1. The predicted molar refractivity (Wildman–Crippen MR) is 207 cm³/mol. The van der Waals surface area contributed by atoms with Crippen molar-refractivity contribution in [1.29, 1.82) is 0 Å². The van der Waals surface area contributed by atoms with Gasteiger partial charge in [-0.2, -0.15) is 0 Å². The number of benzene rings is 9. The zero-order valence-corrected chi connectivity index (χ0v) is 27.0. The number of hydrogen-bond acceptors (Lipinski definition) is 2. The lowest BCUT2D eigenvalue weighted by molar-refractivity contribution is 0.476. The van der Waals surface area contributed by atoms with E-state index in [2.05, 4.69) is 150 Å². The first kappa shape index (κ1) is 27.3. The van der Waals surface area contributed by atoms with E-state index >= 15 is 0 Å². The van der Waals surface area contributed by atoms with Gasteiger partial charge in [0.15, 0.2) is 11.5 Å². The minimum Gasteiger partial charge on any atom is -0.453 e. The Bertz CT molecular complexity index is 3010. The van der Waals surface area contributed by atoms with Crippen LogP contribution in [0.25, 0.3) is 93.5 Å². The summed E-state index contributed by atoms with van der Waals surface area (Å²) in [6, 6.07) is 61.0. The first-order valence-electron chi connectivity index (χ1n) is 17.1. The van der Waals surface area contributed by atoms with Crippen LogP contribution in [0.2, 0.25) is 0 Å². The molecule has 3 heteroatoms. The van der Waals surface area contributed by atoms with Gasteiger partial charge < -0.3 is 4.74 Å². The van der Waals surface area contributed by atoms with Crippen LogP contribution in [0.1, 0.15) is 0 Å². The number of rotatable bonds is 3. The van der Waals surface area contributed by atoms with Crippen LogP contribution in [0, 0.1) is 0 Å². The van der Waals surface area contributed by atoms with Crippen molar-refractivity contribution in [1.82, 2.24) is 9.55 Å². The van der Waals surface area contributed by atoms with Crippen LogP contribution in [0.4, 0.5) is 0 Å². The van der Waals surface area contributed by atoms with E-state index in [9.17, 15) is 0 Å². The second kappa shape index (κ2) is 10.4. The predicted octanol–water partition coefficient (Wildman–Crippen LogP) is 12.7. The molecule has 0 N–H and O–H groups in total. The summed E-state index contributed by atoms with van der Waals surface area (Å²) in [5.41, 5.74) is 8.89. The smallest absolute Gasteiger partial charge is 0.153 e. The summed E-state index contributed by atoms with van der Waals surface area (Å²) in [7, 11) is 0. The number of fused-ring (bicyclic) bond motifs is 6. The first-order valence-corrected chi connectivity index (χ1v) is 17.1. The number of para-hydroxylation sites is 3. The van der Waals surface area contributed by atoms with Crippen LogP contribution < -0.4 is 4.74 Å². The number of ether oxygens (including phenoxy) is 1. The molecular weight excluding hydrogens is 609 g/mol. The van der Waals surface area contributed by atoms with Crippen molar-refractivity contribution in [2.75, 3.05) is 0 Å². The molecule has 0 saturated carbocycles. The molecule has 0 saturated heterocycles. The molecule has 0 amide bonds. The molecule has 11 rings (SSSR count). The van der Waals surface area contributed by atoms with E-state index in [1.165, 1.54) is 65.3 Å². The third-order valence-corrected chi connectivity index (χ3v) is 10.4. The third kappa shape index (κ3) is 3.83. The van der Waals surface area contributed by atoms with Crippen molar-refractivity contribution in [2.45, 2.75) is 0 Å². The van der Waals surface area contributed by atoms with Crippen LogP contribution in [0.3, 0.4) is 0 Å². The van der Waals surface area contributed by atoms with E-state index < -0.39 is 0 Å². The Morgan fingerprint density at radius 1 is 0.420 bits per heavy atom. The standard InChI is InChI=1S/C47H28N2O/c1-3-16-32-29(12-1)14-9-20-34(32)44-36-18-5-6-19-37(36)45(35-21-10-15-30-13-2-4-17-33(30)35)39-28-31(26-27-38(39)44)47-48-40-22-11-25-43-46(40)49(47)41-23-7-8-24-42(41)50-43/h1-28H. The van der Waals surface area contributed by atoms with E-state index in [4.69, 9.17) is 9.72 Å². The highest BCUT2D eigenvalue weighted by Crippen LogP contribution is 2.49. The lowest BCUT2D eigenvalue weighted by atomic mass is 9.83. The Balaban J connectivity index is 1.31. The molecule has 3 nitrogen and oxygen atoms in total. The van der Waals surface area contributed by atoms with E-state index in [1.54, 1.807) is 0 Å². The first-order chi connectivity index (χ1) is 24.8. The molecule has 9 aromatic carbocycles. The fourth-order valence-electron chi connectivity index (χ4n) is 8.24. The molecule has 0 aliphatic carbocycles. The zero-order chi connectivity index (χ0) is 32.8. The van der Waals surface area contributed by atoms with Crippen LogP contribution in [0.15, 0.2) is 170 Å². The molecule has 2 heterocycles. The van der Waals surface area contributed by atoms with Gasteiger partial charge in [0.05, 0.1) is 11.2 Å². The van der Waals surface area contributed by atoms with Crippen LogP contribution in [-0.2, 0) is 0 Å². The summed E-state index contributed by atoms with van der Waals surface area (Å²) in [5.74, 6) is 2.54. The molecule has 10 aromatic rings. The maximum atomic E-state index is 6.37. The van der Waals surface area contributed by atoms with Gasteiger partial charge in [-0.1, -0.05) is 140 Å². The normalized spacial score (nSPS) is 12.2. The molecule has 0 fully saturated rings. The zero-order valence-electron chi connectivity index (χ0n) is 27.0. The summed E-state index contributed by atoms with van der Waals surface area (Å²) < 4.78 is 8.65. The fraction of sp³-hybridized carbons (Fsp3) is 0. The van der Waals surface area contributed by atoms with E-state index in [0.717, 1.165) is 39.6 Å². The van der Waals surface area contributed by atoms with Crippen molar-refractivity contribution in [2.24, 2.45) is 0 Å². The van der Waals surface area contributed by atoms with Crippen molar-refractivity contribution in [3.05, 3.63) is 170 Å². The topological polar surface area (TPSA) is 27.1 Å². The molecule has 0 unspecified atom stereocenters. The van der Waals surface area contributed by atoms with Gasteiger partial charge in [0.2, 0.25) is 0 Å². The molecule has 0 atom stereocenters. The maximum absolute atomic E-state index is 6.37. The van der Waals surface area contributed by atoms with Gasteiger partial charge in [-0.15, -0.1) is 0 Å². The van der Waals surface area contributed by atoms with Crippen molar-refractivity contribution in [3.8, 4) is 50.8 Å². The quantitative estimate of drug-likeness (QED) is 0.180. The van der Waals surface area contributed by atoms with Gasteiger partial charge in [-0.3, -0.25) is 4.57 Å². The summed E-state index contributed by atoms with van der Waals surface area (Å²) in [6.45, 7) is 0. The summed E-state index contributed by atoms with van der Waals surface area (Å²) >= 11 is 0. The molecule has 1 aromatic heterocycles. The fourth-order valence-corrected chi connectivity index (χ4v) is 8.24. The Hall–Kier alpha value is -6.71. The Morgan fingerprint density at radius 3 is 1.68 bits per heavy atom. The minimum absolute atomic E-state index is 0.821. The highest BCUT2D eigenvalue weighted by molar-refractivity contribution is 6.25. The molecule has 0 spiro atoms. The van der Waals surface area contributed by atoms with Crippen LogP contribution in [0.5, 0.6) is 11.5 Å². The average molecular weight is 637 g/mol. The second-order valence-electron chi connectivity index (χ2n) is 13.1. The van der Waals surface area contributed by atoms with E-state index in [1.807, 2.05) is 24.3 Å². The molecule has 1 aliphatic heterocycles. The van der Waals surface area contributed by atoms with Gasteiger partial charge in [-0.05, 0) is 95.7 Å². The van der Waals surface area contributed by atoms with Crippen molar-refractivity contribution < 1.29 is 4.74 Å². The SMILES string of the molecule is c1ccc2c(c1)Oc1cccc3nc(-c4ccc5c(-c6cccc7ccccc67)c6ccccc6c(-c6cccc7ccccc67)c5c4)n-2c13. The Labute approximate surface area is 288 Å². The maximum Gasteiger partial charge on any atom is 0.153 e. The number of imidazole rings is 1. The Morgan fingerprint density at radius 2 is 0.960 bits per heavy atom. The highest BCUT2D eigenvalue weighted by atomic mass is 16.5. The van der Waals surface area contributed by atoms with Crippen molar-refractivity contribution >= 4 is 54.1 Å². The summed E-state index contributed by atoms with van der Waals surface area (Å²) in [5, 5.41) is 9.82. The van der Waals surface area contributed by atoms with E-state index in [0.29, 0.717) is 0 Å². The Kier molecular flexibility index (Phi) is 5.67. The van der Waals surface area contributed by atoms with Gasteiger partial charge in [0.25, 0.3) is 0 Å². The van der Waals surface area contributed by atoms with Crippen LogP contribution >= 0.6 is 0 Å². The largest absolute Gasteiger partial charge is 0.453 e. The number of hydrogen-bond donors (Lipinski definition) is 0. The van der Waals surface area contributed by atoms with Gasteiger partial charge in [0, 0.05) is 5.56 Å². The molecule has 50 heavy (non-hydrogen) atoms. The monoisotopic (exact) mass is 636 g/mol. The van der Waals surface area contributed by atoms with Gasteiger partial charge in [0.1, 0.15) is 11.3 Å². The van der Waals surface area contributed by atoms with Gasteiger partial charge in [-0.25, -0.2) is 4.98 Å². The van der Waals surface area contributed by atoms with Crippen molar-refractivity contribution in [3.63, 3.8) is 0 Å². The molecular formula is C47H28N2O. The highest BCUT2D eigenvalue weighted by Gasteiger charge is 2.26. The van der Waals surface area contributed by atoms with E-state index in [-0.39, 0.29) is 0 Å². The average Bonchev–Trinajstić information content (AvgIpc) is 3.58. The number of nitrogens with zero attached hydrogens (tertiary/aromatic N) is 2. The lowest BCUT2D eigenvalue weighted by Crippen LogP contribution is -2.05. The third-order valence-electron chi connectivity index (χ3n) is 10.4. The molecule has 1 aliphatic rings. The molecule has 232 valence electrons. The lowest BCUT2D eigenvalue weighted by Gasteiger charge is -2.22. The minimum atomic E-state index is 0.821.